The topological polar surface area (TPSA) is 73.6 Å². The van der Waals surface area contributed by atoms with Gasteiger partial charge in [0.2, 0.25) is 0 Å². The van der Waals surface area contributed by atoms with E-state index in [0.29, 0.717) is 23.4 Å². The van der Waals surface area contributed by atoms with Crippen molar-refractivity contribution in [3.63, 3.8) is 0 Å². The largest absolute Gasteiger partial charge is 0.385 e. The van der Waals surface area contributed by atoms with Gasteiger partial charge in [0.25, 0.3) is 5.69 Å². The van der Waals surface area contributed by atoms with Gasteiger partial charge in [-0.1, -0.05) is 15.9 Å². The van der Waals surface area contributed by atoms with Gasteiger partial charge in [0.05, 0.1) is 11.0 Å². The highest BCUT2D eigenvalue weighted by molar-refractivity contribution is 9.10. The van der Waals surface area contributed by atoms with Crippen molar-refractivity contribution in [3.8, 4) is 0 Å². The molecular weight excluding hydrogens is 340 g/mol. The molecule has 1 aromatic carbocycles. The lowest BCUT2D eigenvalue weighted by Gasteiger charge is -2.30. The Balaban J connectivity index is 2.02. The lowest BCUT2D eigenvalue weighted by Crippen LogP contribution is -2.34. The maximum Gasteiger partial charge on any atom is 0.293 e. The number of hydrogen-bond donors (Lipinski definition) is 1. The standard InChI is InChI=1S/C14H19BrN2O4/c1-20-6-5-12-9-11(4-7-21-12)16-13-3-2-10(15)8-14(13)17(18)19/h2-3,8,11-12,16H,4-7,9H2,1H3. The second-order valence-electron chi connectivity index (χ2n) is 5.06. The molecule has 0 saturated carbocycles. The predicted molar refractivity (Wildman–Crippen MR) is 83.7 cm³/mol. The van der Waals surface area contributed by atoms with Gasteiger partial charge in [0.1, 0.15) is 5.69 Å². The highest BCUT2D eigenvalue weighted by Gasteiger charge is 2.24. The monoisotopic (exact) mass is 358 g/mol. The molecule has 1 aromatic rings. The number of nitro groups is 1. The molecule has 1 aliphatic heterocycles. The number of nitro benzene ring substituents is 1. The summed E-state index contributed by atoms with van der Waals surface area (Å²) in [6, 6.07) is 5.24. The van der Waals surface area contributed by atoms with Crippen LogP contribution in [-0.2, 0) is 9.47 Å². The molecule has 116 valence electrons. The van der Waals surface area contributed by atoms with Gasteiger partial charge < -0.3 is 14.8 Å². The normalized spacial score (nSPS) is 22.0. The van der Waals surface area contributed by atoms with Crippen molar-refractivity contribution in [1.29, 1.82) is 0 Å². The Morgan fingerprint density at radius 3 is 3.10 bits per heavy atom. The van der Waals surface area contributed by atoms with Crippen molar-refractivity contribution in [2.45, 2.75) is 31.4 Å². The summed E-state index contributed by atoms with van der Waals surface area (Å²) < 4.78 is 11.4. The molecule has 0 spiro atoms. The first-order valence-corrected chi connectivity index (χ1v) is 7.70. The summed E-state index contributed by atoms with van der Waals surface area (Å²) in [5.41, 5.74) is 0.643. The number of rotatable bonds is 6. The first kappa shape index (κ1) is 16.2. The fourth-order valence-electron chi connectivity index (χ4n) is 2.46. The van der Waals surface area contributed by atoms with Crippen LogP contribution in [-0.4, -0.2) is 37.4 Å². The average Bonchev–Trinajstić information content (AvgIpc) is 2.47. The molecule has 1 heterocycles. The maximum absolute atomic E-state index is 11.1. The summed E-state index contributed by atoms with van der Waals surface area (Å²) >= 11 is 3.26. The van der Waals surface area contributed by atoms with Gasteiger partial charge in [0.15, 0.2) is 0 Å². The molecule has 0 aromatic heterocycles. The molecule has 0 aliphatic carbocycles. The van der Waals surface area contributed by atoms with Gasteiger partial charge in [-0.25, -0.2) is 0 Å². The fraction of sp³-hybridized carbons (Fsp3) is 0.571. The minimum Gasteiger partial charge on any atom is -0.385 e. The van der Waals surface area contributed by atoms with Crippen molar-refractivity contribution in [3.05, 3.63) is 32.8 Å². The third-order valence-corrected chi connectivity index (χ3v) is 4.02. The highest BCUT2D eigenvalue weighted by Crippen LogP contribution is 2.30. The van der Waals surface area contributed by atoms with Crippen LogP contribution in [0.4, 0.5) is 11.4 Å². The molecule has 2 atom stereocenters. The first-order valence-electron chi connectivity index (χ1n) is 6.91. The summed E-state index contributed by atoms with van der Waals surface area (Å²) in [6.07, 6.45) is 2.66. The summed E-state index contributed by atoms with van der Waals surface area (Å²) in [5, 5.41) is 14.4. The molecule has 2 unspecified atom stereocenters. The van der Waals surface area contributed by atoms with Crippen LogP contribution >= 0.6 is 15.9 Å². The third kappa shape index (κ3) is 4.66. The summed E-state index contributed by atoms with van der Waals surface area (Å²) in [7, 11) is 1.67. The molecule has 1 aliphatic rings. The molecule has 21 heavy (non-hydrogen) atoms. The fourth-order valence-corrected chi connectivity index (χ4v) is 2.81. The summed E-state index contributed by atoms with van der Waals surface area (Å²) in [4.78, 5) is 10.8. The van der Waals surface area contributed by atoms with E-state index in [-0.39, 0.29) is 22.8 Å². The van der Waals surface area contributed by atoms with Crippen LogP contribution in [0.25, 0.3) is 0 Å². The molecule has 0 radical (unpaired) electrons. The lowest BCUT2D eigenvalue weighted by atomic mass is 10.0. The molecule has 0 bridgehead atoms. The molecule has 6 nitrogen and oxygen atoms in total. The van der Waals surface area contributed by atoms with Gasteiger partial charge in [-0.3, -0.25) is 10.1 Å². The zero-order valence-corrected chi connectivity index (χ0v) is 13.5. The number of nitrogens with zero attached hydrogens (tertiary/aromatic N) is 1. The second-order valence-corrected chi connectivity index (χ2v) is 5.97. The third-order valence-electron chi connectivity index (χ3n) is 3.53. The summed E-state index contributed by atoms with van der Waals surface area (Å²) in [5.74, 6) is 0. The van der Waals surface area contributed by atoms with Crippen molar-refractivity contribution in [2.24, 2.45) is 0 Å². The smallest absolute Gasteiger partial charge is 0.293 e. The van der Waals surface area contributed by atoms with E-state index in [0.717, 1.165) is 19.3 Å². The van der Waals surface area contributed by atoms with Crippen LogP contribution in [0.1, 0.15) is 19.3 Å². The molecule has 1 N–H and O–H groups in total. The Labute approximate surface area is 132 Å². The lowest BCUT2D eigenvalue weighted by molar-refractivity contribution is -0.384. The van der Waals surface area contributed by atoms with E-state index in [1.807, 2.05) is 0 Å². The van der Waals surface area contributed by atoms with Crippen LogP contribution in [0, 0.1) is 10.1 Å². The van der Waals surface area contributed by atoms with Crippen LogP contribution in [0.2, 0.25) is 0 Å². The van der Waals surface area contributed by atoms with E-state index in [1.165, 1.54) is 6.07 Å². The molecular formula is C14H19BrN2O4. The number of ether oxygens (including phenoxy) is 2. The van der Waals surface area contributed by atoms with Gasteiger partial charge in [-0.15, -0.1) is 0 Å². The zero-order valence-electron chi connectivity index (χ0n) is 11.9. The van der Waals surface area contributed by atoms with Crippen molar-refractivity contribution in [1.82, 2.24) is 0 Å². The van der Waals surface area contributed by atoms with Crippen LogP contribution in [0.15, 0.2) is 22.7 Å². The van der Waals surface area contributed by atoms with E-state index in [4.69, 9.17) is 9.47 Å². The highest BCUT2D eigenvalue weighted by atomic mass is 79.9. The van der Waals surface area contributed by atoms with Gasteiger partial charge in [0, 0.05) is 36.9 Å². The number of methoxy groups -OCH3 is 1. The Bertz CT molecular complexity index is 498. The predicted octanol–water partition coefficient (Wildman–Crippen LogP) is 3.35. The van der Waals surface area contributed by atoms with Crippen molar-refractivity contribution < 1.29 is 14.4 Å². The zero-order chi connectivity index (χ0) is 15.2. The van der Waals surface area contributed by atoms with E-state index >= 15 is 0 Å². The van der Waals surface area contributed by atoms with Crippen molar-refractivity contribution >= 4 is 27.3 Å². The number of anilines is 1. The Morgan fingerprint density at radius 1 is 1.57 bits per heavy atom. The molecule has 1 saturated heterocycles. The Kier molecular flexibility index (Phi) is 5.96. The Hall–Kier alpha value is -1.18. The summed E-state index contributed by atoms with van der Waals surface area (Å²) in [6.45, 7) is 1.33. The number of halogens is 1. The molecule has 7 heteroatoms. The van der Waals surface area contributed by atoms with Crippen molar-refractivity contribution in [2.75, 3.05) is 25.6 Å². The van der Waals surface area contributed by atoms with Crippen LogP contribution in [0.3, 0.4) is 0 Å². The van der Waals surface area contributed by atoms with E-state index in [1.54, 1.807) is 19.2 Å². The van der Waals surface area contributed by atoms with E-state index < -0.39 is 0 Å². The molecule has 0 amide bonds. The number of benzene rings is 1. The molecule has 2 rings (SSSR count). The minimum atomic E-state index is -0.366. The van der Waals surface area contributed by atoms with E-state index in [9.17, 15) is 10.1 Å². The first-order chi connectivity index (χ1) is 10.1. The SMILES string of the molecule is COCCC1CC(Nc2ccc(Br)cc2[N+](=O)[O-])CCO1. The van der Waals surface area contributed by atoms with E-state index in [2.05, 4.69) is 21.2 Å². The number of nitrogens with one attached hydrogen (secondary N) is 1. The average molecular weight is 359 g/mol. The molecule has 1 fully saturated rings. The maximum atomic E-state index is 11.1. The minimum absolute atomic E-state index is 0.0873. The van der Waals surface area contributed by atoms with Gasteiger partial charge in [-0.2, -0.15) is 0 Å². The quantitative estimate of drug-likeness (QED) is 0.623. The van der Waals surface area contributed by atoms with Gasteiger partial charge in [-0.05, 0) is 31.4 Å². The van der Waals surface area contributed by atoms with Gasteiger partial charge >= 0.3 is 0 Å². The second kappa shape index (κ2) is 7.72. The number of hydrogen-bond acceptors (Lipinski definition) is 5. The van der Waals surface area contributed by atoms with Crippen LogP contribution < -0.4 is 5.32 Å². The van der Waals surface area contributed by atoms with Crippen LogP contribution in [0.5, 0.6) is 0 Å². The Morgan fingerprint density at radius 2 is 2.38 bits per heavy atom.